The van der Waals surface area contributed by atoms with E-state index in [9.17, 15) is 18.4 Å². The molecule has 0 saturated carbocycles. The molecule has 19 heavy (non-hydrogen) atoms. The summed E-state index contributed by atoms with van der Waals surface area (Å²) in [6.45, 7) is 1.77. The highest BCUT2D eigenvalue weighted by atomic mass is 19.1. The first-order valence-corrected chi connectivity index (χ1v) is 5.55. The first kappa shape index (κ1) is 14.8. The summed E-state index contributed by atoms with van der Waals surface area (Å²) in [5.41, 5.74) is -0.738. The van der Waals surface area contributed by atoms with E-state index in [-0.39, 0.29) is 11.5 Å². The monoisotopic (exact) mass is 269 g/mol. The third kappa shape index (κ3) is 4.50. The van der Waals surface area contributed by atoms with Crippen molar-refractivity contribution in [2.45, 2.75) is 13.3 Å². The normalized spacial score (nSPS) is 10.7. The van der Waals surface area contributed by atoms with Crippen molar-refractivity contribution in [3.63, 3.8) is 0 Å². The molecule has 0 unspecified atom stereocenters. The number of aromatic carboxylic acids is 1. The fourth-order valence-electron chi connectivity index (χ4n) is 1.40. The minimum absolute atomic E-state index is 0.0367. The van der Waals surface area contributed by atoms with Crippen LogP contribution in [0.2, 0.25) is 0 Å². The molecule has 0 atom stereocenters. The topological polar surface area (TPSA) is 66.4 Å². The van der Waals surface area contributed by atoms with E-state index in [4.69, 9.17) is 5.11 Å². The molecule has 0 spiro atoms. The molecule has 0 aliphatic rings. The van der Waals surface area contributed by atoms with Crippen molar-refractivity contribution in [3.05, 3.63) is 41.0 Å². The van der Waals surface area contributed by atoms with Gasteiger partial charge in [0.1, 0.15) is 11.6 Å². The molecule has 0 aliphatic carbocycles. The molecule has 0 aromatic heterocycles. The number of nitrogens with one attached hydrogen (secondary N) is 1. The maximum Gasteiger partial charge on any atom is 0.338 e. The largest absolute Gasteiger partial charge is 0.478 e. The fourth-order valence-corrected chi connectivity index (χ4v) is 1.40. The molecule has 0 aliphatic heterocycles. The zero-order valence-corrected chi connectivity index (χ0v) is 10.2. The number of carbonyl (C=O) groups is 2. The first-order valence-electron chi connectivity index (χ1n) is 5.55. The Morgan fingerprint density at radius 3 is 2.58 bits per heavy atom. The number of benzene rings is 1. The first-order chi connectivity index (χ1) is 8.91. The average Bonchev–Trinajstić information content (AvgIpc) is 2.31. The van der Waals surface area contributed by atoms with E-state index in [1.165, 1.54) is 13.0 Å². The molecule has 0 radical (unpaired) electrons. The van der Waals surface area contributed by atoms with Gasteiger partial charge in [0.15, 0.2) is 0 Å². The number of rotatable bonds is 5. The summed E-state index contributed by atoms with van der Waals surface area (Å²) < 4.78 is 26.8. The number of hydrogen-bond acceptors (Lipinski definition) is 2. The highest BCUT2D eigenvalue weighted by Crippen LogP contribution is 2.16. The van der Waals surface area contributed by atoms with Crippen LogP contribution in [0.5, 0.6) is 0 Å². The van der Waals surface area contributed by atoms with Gasteiger partial charge in [-0.2, -0.15) is 0 Å². The lowest BCUT2D eigenvalue weighted by molar-refractivity contribution is -0.118. The summed E-state index contributed by atoms with van der Waals surface area (Å²) >= 11 is 0. The Hall–Kier alpha value is -2.24. The van der Waals surface area contributed by atoms with Gasteiger partial charge in [0, 0.05) is 19.0 Å². The number of hydrogen-bond donors (Lipinski definition) is 2. The van der Waals surface area contributed by atoms with E-state index in [0.29, 0.717) is 19.0 Å². The van der Waals surface area contributed by atoms with Crippen LogP contribution >= 0.6 is 0 Å². The molecule has 102 valence electrons. The van der Waals surface area contributed by atoms with Crippen LogP contribution in [0.3, 0.4) is 0 Å². The molecule has 4 nitrogen and oxygen atoms in total. The Balaban J connectivity index is 2.74. The van der Waals surface area contributed by atoms with Gasteiger partial charge in [0.25, 0.3) is 0 Å². The van der Waals surface area contributed by atoms with Gasteiger partial charge in [-0.1, -0.05) is 12.2 Å². The number of amides is 1. The lowest BCUT2D eigenvalue weighted by atomic mass is 10.1. The Bertz CT molecular complexity index is 527. The van der Waals surface area contributed by atoms with E-state index >= 15 is 0 Å². The number of halogens is 2. The van der Waals surface area contributed by atoms with Crippen molar-refractivity contribution in [3.8, 4) is 0 Å². The molecule has 1 amide bonds. The average molecular weight is 269 g/mol. The lowest BCUT2D eigenvalue weighted by Crippen LogP contribution is -2.20. The highest BCUT2D eigenvalue weighted by Gasteiger charge is 2.13. The quantitative estimate of drug-likeness (QED) is 0.805. The van der Waals surface area contributed by atoms with E-state index in [0.717, 1.165) is 6.07 Å². The van der Waals surface area contributed by atoms with Crippen LogP contribution in [-0.2, 0) is 4.79 Å². The fraction of sp³-hybridized carbons (Fsp3) is 0.231. The Morgan fingerprint density at radius 1 is 1.32 bits per heavy atom. The molecule has 0 bridgehead atoms. The van der Waals surface area contributed by atoms with Crippen LogP contribution in [0, 0.1) is 11.6 Å². The Kier molecular flexibility index (Phi) is 5.17. The molecule has 0 saturated heterocycles. The van der Waals surface area contributed by atoms with Crippen LogP contribution < -0.4 is 5.32 Å². The van der Waals surface area contributed by atoms with Crippen molar-refractivity contribution >= 4 is 18.0 Å². The maximum absolute atomic E-state index is 13.5. The molecule has 1 aromatic carbocycles. The minimum atomic E-state index is -1.52. The number of carboxylic acid groups (broad SMARTS) is 1. The van der Waals surface area contributed by atoms with E-state index in [2.05, 4.69) is 5.32 Å². The third-order valence-electron chi connectivity index (χ3n) is 2.30. The summed E-state index contributed by atoms with van der Waals surface area (Å²) in [5, 5.41) is 11.2. The second-order valence-corrected chi connectivity index (χ2v) is 3.83. The zero-order valence-electron chi connectivity index (χ0n) is 10.2. The second-order valence-electron chi connectivity index (χ2n) is 3.83. The highest BCUT2D eigenvalue weighted by molar-refractivity contribution is 5.88. The van der Waals surface area contributed by atoms with Crippen LogP contribution in [0.4, 0.5) is 8.78 Å². The minimum Gasteiger partial charge on any atom is -0.478 e. The van der Waals surface area contributed by atoms with E-state index in [1.54, 1.807) is 6.08 Å². The van der Waals surface area contributed by atoms with Crippen LogP contribution in [-0.4, -0.2) is 23.5 Å². The standard InChI is InChI=1S/C13H13F2NO3/c1-8(17)16-5-3-2-4-9-6-12(15)10(13(18)19)7-11(9)14/h2,4,6-7H,3,5H2,1H3,(H,16,17)(H,18,19). The van der Waals surface area contributed by atoms with E-state index in [1.807, 2.05) is 0 Å². The van der Waals surface area contributed by atoms with Crippen molar-refractivity contribution in [2.75, 3.05) is 6.54 Å². The summed E-state index contributed by atoms with van der Waals surface area (Å²) in [5.74, 6) is -3.49. The molecule has 1 rings (SSSR count). The third-order valence-corrected chi connectivity index (χ3v) is 2.30. The maximum atomic E-state index is 13.5. The van der Waals surface area contributed by atoms with Crippen LogP contribution in [0.15, 0.2) is 18.2 Å². The summed E-state index contributed by atoms with van der Waals surface area (Å²) in [4.78, 5) is 21.2. The van der Waals surface area contributed by atoms with Gasteiger partial charge < -0.3 is 10.4 Å². The van der Waals surface area contributed by atoms with Gasteiger partial charge >= 0.3 is 5.97 Å². The predicted octanol–water partition coefficient (Wildman–Crippen LogP) is 2.20. The number of carbonyl (C=O) groups excluding carboxylic acids is 1. The Morgan fingerprint density at radius 2 is 2.00 bits per heavy atom. The number of carboxylic acids is 1. The second kappa shape index (κ2) is 6.63. The van der Waals surface area contributed by atoms with Crippen molar-refractivity contribution in [1.29, 1.82) is 0 Å². The molecule has 0 heterocycles. The SMILES string of the molecule is CC(=O)NCCC=Cc1cc(F)c(C(=O)O)cc1F. The molecule has 2 N–H and O–H groups in total. The summed E-state index contributed by atoms with van der Waals surface area (Å²) in [7, 11) is 0. The van der Waals surface area contributed by atoms with Crippen molar-refractivity contribution < 1.29 is 23.5 Å². The van der Waals surface area contributed by atoms with Gasteiger partial charge in [-0.15, -0.1) is 0 Å². The molecule has 6 heteroatoms. The molecular weight excluding hydrogens is 256 g/mol. The lowest BCUT2D eigenvalue weighted by Gasteiger charge is -2.02. The van der Waals surface area contributed by atoms with Gasteiger partial charge in [0.2, 0.25) is 5.91 Å². The Labute approximate surface area is 108 Å². The zero-order chi connectivity index (χ0) is 14.4. The summed E-state index contributed by atoms with van der Waals surface area (Å²) in [6.07, 6.45) is 3.36. The van der Waals surface area contributed by atoms with Crippen LogP contribution in [0.1, 0.15) is 29.3 Å². The predicted molar refractivity (Wildman–Crippen MR) is 65.7 cm³/mol. The van der Waals surface area contributed by atoms with Gasteiger partial charge in [-0.05, 0) is 18.6 Å². The van der Waals surface area contributed by atoms with Crippen LogP contribution in [0.25, 0.3) is 6.08 Å². The van der Waals surface area contributed by atoms with E-state index < -0.39 is 23.2 Å². The molecule has 0 fully saturated rings. The molecular formula is C13H13F2NO3. The smallest absolute Gasteiger partial charge is 0.338 e. The summed E-state index contributed by atoms with van der Waals surface area (Å²) in [6, 6.07) is 1.47. The van der Waals surface area contributed by atoms with Gasteiger partial charge in [-0.3, -0.25) is 4.79 Å². The van der Waals surface area contributed by atoms with Crippen molar-refractivity contribution in [2.24, 2.45) is 0 Å². The van der Waals surface area contributed by atoms with Gasteiger partial charge in [-0.25, -0.2) is 13.6 Å². The molecule has 1 aromatic rings. The van der Waals surface area contributed by atoms with Gasteiger partial charge in [0.05, 0.1) is 5.56 Å². The van der Waals surface area contributed by atoms with Crippen molar-refractivity contribution in [1.82, 2.24) is 5.32 Å².